The van der Waals surface area contributed by atoms with Gasteiger partial charge < -0.3 is 19.5 Å². The third kappa shape index (κ3) is 3.88. The van der Waals surface area contributed by atoms with E-state index >= 15 is 0 Å². The number of halogens is 2. The Bertz CT molecular complexity index is 636. The fourth-order valence-electron chi connectivity index (χ4n) is 1.83. The van der Waals surface area contributed by atoms with Crippen molar-refractivity contribution >= 4 is 24.2 Å². The largest absolute Gasteiger partial charge is 0.497 e. The molecule has 0 aromatic heterocycles. The monoisotopic (exact) mass is 310 g/mol. The van der Waals surface area contributed by atoms with Gasteiger partial charge in [0.1, 0.15) is 23.9 Å². The van der Waals surface area contributed by atoms with Crippen LogP contribution in [-0.2, 0) is 6.61 Å². The van der Waals surface area contributed by atoms with Gasteiger partial charge in [-0.3, -0.25) is 0 Å². The van der Waals surface area contributed by atoms with Gasteiger partial charge >= 0.3 is 7.12 Å². The SMILES string of the molecule is COc1ccc(B(O)O)c(COc2ccc(F)cc2Cl)c1. The normalized spacial score (nSPS) is 10.3. The molecule has 0 heterocycles. The number of benzene rings is 2. The summed E-state index contributed by atoms with van der Waals surface area (Å²) in [4.78, 5) is 0. The van der Waals surface area contributed by atoms with E-state index in [0.29, 0.717) is 22.5 Å². The fourth-order valence-corrected chi connectivity index (χ4v) is 2.06. The van der Waals surface area contributed by atoms with Crippen LogP contribution in [0.3, 0.4) is 0 Å². The molecule has 0 aliphatic carbocycles. The predicted octanol–water partition coefficient (Wildman–Crippen LogP) is 1.75. The van der Waals surface area contributed by atoms with Crippen LogP contribution >= 0.6 is 11.6 Å². The summed E-state index contributed by atoms with van der Waals surface area (Å²) in [5.41, 5.74) is 0.832. The third-order valence-electron chi connectivity index (χ3n) is 2.91. The second kappa shape index (κ2) is 6.80. The molecule has 0 bridgehead atoms. The van der Waals surface area contributed by atoms with Crippen LogP contribution in [0.4, 0.5) is 4.39 Å². The van der Waals surface area contributed by atoms with Crippen molar-refractivity contribution in [2.75, 3.05) is 7.11 Å². The van der Waals surface area contributed by atoms with Crippen molar-refractivity contribution in [3.8, 4) is 11.5 Å². The van der Waals surface area contributed by atoms with E-state index in [1.165, 1.54) is 25.3 Å². The summed E-state index contributed by atoms with van der Waals surface area (Å²) < 4.78 is 23.5. The van der Waals surface area contributed by atoms with Gasteiger partial charge in [0.05, 0.1) is 12.1 Å². The van der Waals surface area contributed by atoms with Gasteiger partial charge in [-0.05, 0) is 41.4 Å². The molecule has 4 nitrogen and oxygen atoms in total. The van der Waals surface area contributed by atoms with Crippen LogP contribution in [0.5, 0.6) is 11.5 Å². The average Bonchev–Trinajstić information content (AvgIpc) is 2.45. The second-order valence-electron chi connectivity index (χ2n) is 4.30. The molecule has 0 saturated carbocycles. The molecule has 2 aromatic rings. The highest BCUT2D eigenvalue weighted by Crippen LogP contribution is 2.26. The Labute approximate surface area is 126 Å². The molecular weight excluding hydrogens is 297 g/mol. The number of hydrogen-bond acceptors (Lipinski definition) is 4. The fraction of sp³-hybridized carbons (Fsp3) is 0.143. The highest BCUT2D eigenvalue weighted by Gasteiger charge is 2.17. The van der Waals surface area contributed by atoms with Gasteiger partial charge in [0.2, 0.25) is 0 Å². The third-order valence-corrected chi connectivity index (χ3v) is 3.20. The van der Waals surface area contributed by atoms with Crippen LogP contribution in [0.25, 0.3) is 0 Å². The van der Waals surface area contributed by atoms with Gasteiger partial charge in [-0.15, -0.1) is 0 Å². The molecule has 0 radical (unpaired) electrons. The number of ether oxygens (including phenoxy) is 2. The Kier molecular flexibility index (Phi) is 5.06. The number of hydrogen-bond donors (Lipinski definition) is 2. The minimum atomic E-state index is -1.63. The van der Waals surface area contributed by atoms with E-state index in [1.807, 2.05) is 0 Å². The molecule has 21 heavy (non-hydrogen) atoms. The lowest BCUT2D eigenvalue weighted by Gasteiger charge is -2.13. The van der Waals surface area contributed by atoms with E-state index in [-0.39, 0.29) is 11.6 Å². The topological polar surface area (TPSA) is 58.9 Å². The molecule has 2 rings (SSSR count). The average molecular weight is 311 g/mol. The molecule has 0 amide bonds. The molecule has 7 heteroatoms. The van der Waals surface area contributed by atoms with Crippen molar-refractivity contribution in [1.29, 1.82) is 0 Å². The Morgan fingerprint density at radius 1 is 1.19 bits per heavy atom. The molecule has 110 valence electrons. The van der Waals surface area contributed by atoms with Crippen LogP contribution in [0, 0.1) is 5.82 Å². The lowest BCUT2D eigenvalue weighted by molar-refractivity contribution is 0.305. The van der Waals surface area contributed by atoms with Crippen molar-refractivity contribution in [2.24, 2.45) is 0 Å². The van der Waals surface area contributed by atoms with E-state index in [4.69, 9.17) is 21.1 Å². The lowest BCUT2D eigenvalue weighted by atomic mass is 9.77. The standard InChI is InChI=1S/C14H13BClFO4/c1-20-11-3-4-12(15(18)19)9(6-11)8-21-14-5-2-10(17)7-13(14)16/h2-7,18-19H,8H2,1H3. The first-order valence-electron chi connectivity index (χ1n) is 6.12. The van der Waals surface area contributed by atoms with Crippen molar-refractivity contribution in [1.82, 2.24) is 0 Å². The molecule has 2 N–H and O–H groups in total. The number of rotatable bonds is 5. The zero-order chi connectivity index (χ0) is 15.4. The molecule has 0 atom stereocenters. The number of methoxy groups -OCH3 is 1. The van der Waals surface area contributed by atoms with Gasteiger partial charge in [0.15, 0.2) is 0 Å². The van der Waals surface area contributed by atoms with Crippen molar-refractivity contribution in [3.63, 3.8) is 0 Å². The first-order valence-corrected chi connectivity index (χ1v) is 6.50. The maximum atomic E-state index is 13.0. The Balaban J connectivity index is 2.22. The zero-order valence-electron chi connectivity index (χ0n) is 11.2. The van der Waals surface area contributed by atoms with Crippen LogP contribution in [0.2, 0.25) is 5.02 Å². The van der Waals surface area contributed by atoms with Gasteiger partial charge in [0.25, 0.3) is 0 Å². The van der Waals surface area contributed by atoms with Crippen molar-refractivity contribution in [2.45, 2.75) is 6.61 Å². The van der Waals surface area contributed by atoms with Gasteiger partial charge in [0, 0.05) is 0 Å². The summed E-state index contributed by atoms with van der Waals surface area (Å²) in [6.07, 6.45) is 0. The molecule has 0 fully saturated rings. The quantitative estimate of drug-likeness (QED) is 0.826. The van der Waals surface area contributed by atoms with Crippen LogP contribution in [0.15, 0.2) is 36.4 Å². The van der Waals surface area contributed by atoms with E-state index in [1.54, 1.807) is 12.1 Å². The summed E-state index contributed by atoms with van der Waals surface area (Å²) in [5.74, 6) is 0.405. The van der Waals surface area contributed by atoms with Crippen molar-refractivity contribution < 1.29 is 23.9 Å². The maximum absolute atomic E-state index is 13.0. The van der Waals surface area contributed by atoms with Crippen LogP contribution in [0.1, 0.15) is 5.56 Å². The van der Waals surface area contributed by atoms with Gasteiger partial charge in [-0.1, -0.05) is 17.7 Å². The van der Waals surface area contributed by atoms with Crippen molar-refractivity contribution in [3.05, 3.63) is 52.8 Å². The lowest BCUT2D eigenvalue weighted by Crippen LogP contribution is -2.33. The highest BCUT2D eigenvalue weighted by atomic mass is 35.5. The molecule has 0 spiro atoms. The summed E-state index contributed by atoms with van der Waals surface area (Å²) in [7, 11) is -0.121. The maximum Gasteiger partial charge on any atom is 0.488 e. The minimum Gasteiger partial charge on any atom is -0.497 e. The second-order valence-corrected chi connectivity index (χ2v) is 4.71. The Morgan fingerprint density at radius 3 is 2.57 bits per heavy atom. The minimum absolute atomic E-state index is 0.0372. The van der Waals surface area contributed by atoms with E-state index < -0.39 is 12.9 Å². The van der Waals surface area contributed by atoms with Gasteiger partial charge in [-0.25, -0.2) is 4.39 Å². The highest BCUT2D eigenvalue weighted by molar-refractivity contribution is 6.59. The summed E-state index contributed by atoms with van der Waals surface area (Å²) in [6, 6.07) is 8.57. The Hall–Kier alpha value is -1.76. The van der Waals surface area contributed by atoms with Gasteiger partial charge in [-0.2, -0.15) is 0 Å². The molecule has 0 aliphatic rings. The molecule has 0 saturated heterocycles. The predicted molar refractivity (Wildman–Crippen MR) is 78.6 cm³/mol. The first-order chi connectivity index (χ1) is 10.0. The van der Waals surface area contributed by atoms with Crippen LogP contribution in [-0.4, -0.2) is 24.3 Å². The summed E-state index contributed by atoms with van der Waals surface area (Å²) in [5, 5.41) is 18.8. The van der Waals surface area contributed by atoms with E-state index in [0.717, 1.165) is 6.07 Å². The molecular formula is C14H13BClFO4. The van der Waals surface area contributed by atoms with Crippen LogP contribution < -0.4 is 14.9 Å². The summed E-state index contributed by atoms with van der Waals surface area (Å²) >= 11 is 5.87. The summed E-state index contributed by atoms with van der Waals surface area (Å²) in [6.45, 7) is 0.0372. The smallest absolute Gasteiger partial charge is 0.488 e. The Morgan fingerprint density at radius 2 is 1.95 bits per heavy atom. The van der Waals surface area contributed by atoms with E-state index in [9.17, 15) is 14.4 Å². The molecule has 0 aliphatic heterocycles. The molecule has 0 unspecified atom stereocenters. The first kappa shape index (κ1) is 15.6. The molecule has 2 aromatic carbocycles. The zero-order valence-corrected chi connectivity index (χ0v) is 12.0. The van der Waals surface area contributed by atoms with E-state index in [2.05, 4.69) is 0 Å².